The summed E-state index contributed by atoms with van der Waals surface area (Å²) in [6.07, 6.45) is 2.85. The van der Waals surface area contributed by atoms with Gasteiger partial charge in [-0.25, -0.2) is 4.79 Å². The van der Waals surface area contributed by atoms with Crippen molar-refractivity contribution < 1.29 is 49.3 Å². The molecule has 0 bridgehead atoms. The Labute approximate surface area is 227 Å². The molecule has 0 aromatic heterocycles. The fourth-order valence-electron chi connectivity index (χ4n) is 9.19. The molecule has 6 rings (SSSR count). The molecular formula is C29H40O10. The first kappa shape index (κ1) is 27.5. The van der Waals surface area contributed by atoms with Crippen molar-refractivity contribution >= 4 is 12.3 Å². The summed E-state index contributed by atoms with van der Waals surface area (Å²) in [5, 5.41) is 52.4. The molecule has 0 amide bonds. The molecule has 0 radical (unpaired) electrons. The number of allylic oxidation sites excluding steroid dienone is 1. The number of hydrogen-bond acceptors (Lipinski definition) is 10. The third kappa shape index (κ3) is 3.94. The predicted molar refractivity (Wildman–Crippen MR) is 135 cm³/mol. The minimum Gasteiger partial charge on any atom is -0.458 e. The summed E-state index contributed by atoms with van der Waals surface area (Å²) in [4.78, 5) is 24.7. The lowest BCUT2D eigenvalue weighted by molar-refractivity contribution is -0.313. The van der Waals surface area contributed by atoms with Crippen LogP contribution in [0.3, 0.4) is 0 Å². The summed E-state index contributed by atoms with van der Waals surface area (Å²) >= 11 is 0. The second-order valence-electron chi connectivity index (χ2n) is 12.8. The van der Waals surface area contributed by atoms with Gasteiger partial charge in [0.15, 0.2) is 6.29 Å². The minimum absolute atomic E-state index is 0.00419. The van der Waals surface area contributed by atoms with Crippen LogP contribution < -0.4 is 0 Å². The molecule has 1 saturated heterocycles. The second-order valence-corrected chi connectivity index (χ2v) is 12.8. The molecule has 12 atom stereocenters. The van der Waals surface area contributed by atoms with Crippen molar-refractivity contribution in [2.45, 2.75) is 101 Å². The zero-order valence-corrected chi connectivity index (χ0v) is 22.3. The first-order valence-corrected chi connectivity index (χ1v) is 14.3. The monoisotopic (exact) mass is 548 g/mol. The number of hydrogen-bond donors (Lipinski definition) is 5. The number of carbonyl (C=O) groups excluding carboxylic acids is 2. The number of aldehydes is 1. The lowest BCUT2D eigenvalue weighted by Gasteiger charge is -2.60. The van der Waals surface area contributed by atoms with Crippen LogP contribution in [0, 0.1) is 28.6 Å². The van der Waals surface area contributed by atoms with E-state index in [0.717, 1.165) is 36.7 Å². The molecule has 2 aliphatic heterocycles. The van der Waals surface area contributed by atoms with Crippen molar-refractivity contribution in [3.05, 3.63) is 23.3 Å². The Bertz CT molecular complexity index is 1070. The van der Waals surface area contributed by atoms with Crippen molar-refractivity contribution in [3.63, 3.8) is 0 Å². The molecule has 6 aliphatic rings. The number of rotatable bonds is 5. The van der Waals surface area contributed by atoms with Crippen molar-refractivity contribution in [3.8, 4) is 0 Å². The fraction of sp³-hybridized carbons (Fsp3) is 0.793. The van der Waals surface area contributed by atoms with Crippen LogP contribution in [0.5, 0.6) is 0 Å². The molecule has 0 aromatic carbocycles. The van der Waals surface area contributed by atoms with Gasteiger partial charge in [0.1, 0.15) is 37.3 Å². The zero-order chi connectivity index (χ0) is 27.7. The van der Waals surface area contributed by atoms with Gasteiger partial charge in [-0.1, -0.05) is 18.6 Å². The Morgan fingerprint density at radius 1 is 1.08 bits per heavy atom. The molecule has 12 unspecified atom stereocenters. The number of carbonyl (C=O) groups is 2. The van der Waals surface area contributed by atoms with Crippen LogP contribution in [0.4, 0.5) is 0 Å². The molecule has 4 aliphatic carbocycles. The summed E-state index contributed by atoms with van der Waals surface area (Å²) in [6.45, 7) is 1.91. The molecule has 3 saturated carbocycles. The molecule has 4 fully saturated rings. The van der Waals surface area contributed by atoms with Crippen LogP contribution in [-0.2, 0) is 23.8 Å². The fourth-order valence-corrected chi connectivity index (χ4v) is 9.19. The Balaban J connectivity index is 1.22. The van der Waals surface area contributed by atoms with E-state index in [1.807, 2.05) is 0 Å². The van der Waals surface area contributed by atoms with Crippen molar-refractivity contribution in [2.24, 2.45) is 28.6 Å². The second kappa shape index (κ2) is 9.72. The summed E-state index contributed by atoms with van der Waals surface area (Å²) in [7, 11) is 0. The normalized spacial score (nSPS) is 51.2. The highest BCUT2D eigenvalue weighted by Gasteiger charge is 2.67. The van der Waals surface area contributed by atoms with Crippen LogP contribution in [0.15, 0.2) is 23.3 Å². The zero-order valence-electron chi connectivity index (χ0n) is 22.3. The van der Waals surface area contributed by atoms with Gasteiger partial charge in [0.25, 0.3) is 0 Å². The van der Waals surface area contributed by atoms with Gasteiger partial charge < -0.3 is 44.5 Å². The van der Waals surface area contributed by atoms with Crippen molar-refractivity contribution in [1.29, 1.82) is 0 Å². The first-order valence-electron chi connectivity index (χ1n) is 14.3. The number of aliphatic hydroxyl groups is 5. The van der Waals surface area contributed by atoms with Crippen molar-refractivity contribution in [2.75, 3.05) is 13.2 Å². The number of esters is 1. The molecule has 216 valence electrons. The molecule has 2 heterocycles. The number of cyclic esters (lactones) is 1. The van der Waals surface area contributed by atoms with E-state index >= 15 is 0 Å². The van der Waals surface area contributed by atoms with E-state index in [9.17, 15) is 35.1 Å². The standard InChI is InChI=1S/C29H40O10/c1-27-7-5-19-20(29(27,36)9-6-18(27)15-10-22(32)37-13-15)3-2-16-11-17(4-8-28(16,19)14-31)38-26-25(35)24(34)23(33)21(12-30)39-26/h2,10,14,17-21,23-26,30,33-36H,3-9,11-13H2,1H3. The maximum atomic E-state index is 12.9. The molecule has 0 aromatic rings. The van der Waals surface area contributed by atoms with E-state index in [0.29, 0.717) is 38.7 Å². The molecule has 0 spiro atoms. The van der Waals surface area contributed by atoms with Crippen LogP contribution in [0.2, 0.25) is 0 Å². The Kier molecular flexibility index (Phi) is 6.85. The molecule has 5 N–H and O–H groups in total. The lowest BCUT2D eigenvalue weighted by atomic mass is 9.45. The molecule has 10 nitrogen and oxygen atoms in total. The Morgan fingerprint density at radius 3 is 2.56 bits per heavy atom. The van der Waals surface area contributed by atoms with Gasteiger partial charge in [-0.15, -0.1) is 0 Å². The lowest BCUT2D eigenvalue weighted by Crippen LogP contribution is -2.62. The summed E-state index contributed by atoms with van der Waals surface area (Å²) < 4.78 is 16.8. The summed E-state index contributed by atoms with van der Waals surface area (Å²) in [5.74, 6) is -0.312. The average molecular weight is 549 g/mol. The number of fused-ring (bicyclic) bond motifs is 5. The Morgan fingerprint density at radius 2 is 1.87 bits per heavy atom. The largest absolute Gasteiger partial charge is 0.458 e. The van der Waals surface area contributed by atoms with E-state index in [4.69, 9.17) is 14.2 Å². The van der Waals surface area contributed by atoms with E-state index in [1.165, 1.54) is 0 Å². The third-order valence-electron chi connectivity index (χ3n) is 11.4. The van der Waals surface area contributed by atoms with Gasteiger partial charge in [0.2, 0.25) is 0 Å². The maximum Gasteiger partial charge on any atom is 0.331 e. The number of aliphatic hydroxyl groups excluding tert-OH is 4. The van der Waals surface area contributed by atoms with Gasteiger partial charge >= 0.3 is 5.97 Å². The van der Waals surface area contributed by atoms with Crippen LogP contribution >= 0.6 is 0 Å². The molecule has 10 heteroatoms. The highest BCUT2D eigenvalue weighted by molar-refractivity contribution is 5.85. The van der Waals surface area contributed by atoms with Gasteiger partial charge in [-0.2, -0.15) is 0 Å². The smallest absolute Gasteiger partial charge is 0.331 e. The quantitative estimate of drug-likeness (QED) is 0.186. The van der Waals surface area contributed by atoms with E-state index in [2.05, 4.69) is 13.0 Å². The number of ether oxygens (including phenoxy) is 3. The minimum atomic E-state index is -1.51. The van der Waals surface area contributed by atoms with E-state index in [1.54, 1.807) is 6.08 Å². The van der Waals surface area contributed by atoms with Gasteiger partial charge in [-0.05, 0) is 74.7 Å². The van der Waals surface area contributed by atoms with E-state index in [-0.39, 0.29) is 29.8 Å². The average Bonchev–Trinajstić information content (AvgIpc) is 3.48. The van der Waals surface area contributed by atoms with Gasteiger partial charge in [0, 0.05) is 11.5 Å². The van der Waals surface area contributed by atoms with Gasteiger partial charge in [0.05, 0.1) is 23.7 Å². The summed E-state index contributed by atoms with van der Waals surface area (Å²) in [5.41, 5.74) is -0.0839. The van der Waals surface area contributed by atoms with E-state index < -0.39 is 53.7 Å². The Hall–Kier alpha value is -1.66. The van der Waals surface area contributed by atoms with Crippen LogP contribution in [-0.4, -0.2) is 93.4 Å². The predicted octanol–water partition coefficient (Wildman–Crippen LogP) is 0.528. The van der Waals surface area contributed by atoms with Crippen LogP contribution in [0.25, 0.3) is 0 Å². The first-order chi connectivity index (χ1) is 18.6. The topological polar surface area (TPSA) is 163 Å². The SMILES string of the molecule is CC12CCC3C(CC=C4CC(OC5OC(CO)C(O)C(O)C5O)CCC43C=O)C1(O)CCC2C1=CC(=O)OC1. The summed E-state index contributed by atoms with van der Waals surface area (Å²) in [6, 6.07) is 0. The van der Waals surface area contributed by atoms with Crippen molar-refractivity contribution in [1.82, 2.24) is 0 Å². The maximum absolute atomic E-state index is 12.9. The highest BCUT2D eigenvalue weighted by Crippen LogP contribution is 2.68. The molecular weight excluding hydrogens is 508 g/mol. The molecule has 39 heavy (non-hydrogen) atoms. The van der Waals surface area contributed by atoms with Crippen LogP contribution in [0.1, 0.15) is 58.3 Å². The van der Waals surface area contributed by atoms with Gasteiger partial charge in [-0.3, -0.25) is 0 Å². The highest BCUT2D eigenvalue weighted by atomic mass is 16.7. The third-order valence-corrected chi connectivity index (χ3v) is 11.4.